The number of aromatic nitrogens is 2. The van der Waals surface area contributed by atoms with Crippen LogP contribution in [0, 0.1) is 0 Å². The number of benzene rings is 1. The first-order valence-electron chi connectivity index (χ1n) is 8.94. The summed E-state index contributed by atoms with van der Waals surface area (Å²) in [6, 6.07) is 14.8. The topological polar surface area (TPSA) is 87.5 Å². The van der Waals surface area contributed by atoms with Gasteiger partial charge >= 0.3 is 0 Å². The maximum atomic E-state index is 13.2. The van der Waals surface area contributed by atoms with Crippen molar-refractivity contribution in [3.63, 3.8) is 0 Å². The first-order chi connectivity index (χ1) is 14.1. The normalized spacial score (nSPS) is 18.2. The van der Waals surface area contributed by atoms with Gasteiger partial charge in [0, 0.05) is 27.9 Å². The smallest absolute Gasteiger partial charge is 0.295 e. The van der Waals surface area contributed by atoms with E-state index in [0.29, 0.717) is 11.3 Å². The molecule has 1 N–H and O–H groups in total. The van der Waals surface area contributed by atoms with E-state index in [2.05, 4.69) is 25.9 Å². The highest BCUT2D eigenvalue weighted by Crippen LogP contribution is 2.38. The van der Waals surface area contributed by atoms with Crippen molar-refractivity contribution in [3.05, 3.63) is 100 Å². The van der Waals surface area contributed by atoms with E-state index < -0.39 is 23.5 Å². The van der Waals surface area contributed by atoms with Crippen LogP contribution in [-0.4, -0.2) is 21.6 Å². The molecule has 6 nitrogen and oxygen atoms in total. The molecular formula is C22H16BrN3O3. The van der Waals surface area contributed by atoms with E-state index in [9.17, 15) is 14.7 Å². The lowest BCUT2D eigenvalue weighted by molar-refractivity contribution is -0.378. The van der Waals surface area contributed by atoms with Crippen LogP contribution in [0.4, 0.5) is 0 Å². The zero-order chi connectivity index (χ0) is 20.4. The van der Waals surface area contributed by atoms with Crippen LogP contribution in [0.3, 0.4) is 0 Å². The van der Waals surface area contributed by atoms with E-state index in [-0.39, 0.29) is 12.1 Å². The number of hydrogen-bond acceptors (Lipinski definition) is 4. The molecule has 1 aromatic carbocycles. The number of ketones is 1. The van der Waals surface area contributed by atoms with Gasteiger partial charge in [0.25, 0.3) is 5.91 Å². The third kappa shape index (κ3) is 3.69. The van der Waals surface area contributed by atoms with Gasteiger partial charge in [-0.25, -0.2) is 4.98 Å². The van der Waals surface area contributed by atoms with E-state index in [1.165, 1.54) is 4.90 Å². The number of carbonyl (C=O) groups excluding carboxylic acids is 2. The molecule has 2 aromatic heterocycles. The molecule has 0 aliphatic carbocycles. The number of rotatable bonds is 4. The van der Waals surface area contributed by atoms with Crippen LogP contribution < -0.4 is 10.1 Å². The van der Waals surface area contributed by atoms with E-state index in [0.717, 1.165) is 10.0 Å². The van der Waals surface area contributed by atoms with Crippen molar-refractivity contribution in [2.45, 2.75) is 12.6 Å². The molecule has 0 radical (unpaired) electrons. The Hall–Kier alpha value is -3.32. The first-order valence-corrected chi connectivity index (χ1v) is 9.74. The third-order valence-corrected chi connectivity index (χ3v) is 5.26. The number of H-pyrrole nitrogens is 1. The van der Waals surface area contributed by atoms with Crippen LogP contribution in [0.25, 0.3) is 5.76 Å². The molecule has 1 amide bonds. The molecule has 1 atom stereocenters. The van der Waals surface area contributed by atoms with E-state index in [4.69, 9.17) is 0 Å². The number of hydrogen-bond donors (Lipinski definition) is 0. The number of halogens is 1. The van der Waals surface area contributed by atoms with Crippen molar-refractivity contribution in [3.8, 4) is 0 Å². The summed E-state index contributed by atoms with van der Waals surface area (Å²) in [5.74, 6) is -1.95. The standard InChI is InChI=1S/C22H16BrN3O3/c23-16-8-6-15(7-9-16)20(27)18-19(17-5-1-2-11-25-17)26(22(29)21(18)28)13-14-4-3-10-24-12-14/h1-12,19,27H,13H2/b20-18+. The molecule has 7 heteroatoms. The summed E-state index contributed by atoms with van der Waals surface area (Å²) in [6.07, 6.45) is 5.09. The van der Waals surface area contributed by atoms with Crippen molar-refractivity contribution in [2.24, 2.45) is 0 Å². The number of pyridine rings is 2. The molecule has 4 rings (SSSR count). The largest absolute Gasteiger partial charge is 0.872 e. The Balaban J connectivity index is 1.85. The van der Waals surface area contributed by atoms with Gasteiger partial charge in [0.05, 0.1) is 12.2 Å². The van der Waals surface area contributed by atoms with Crippen molar-refractivity contribution in [1.82, 2.24) is 9.88 Å². The van der Waals surface area contributed by atoms with Crippen molar-refractivity contribution < 1.29 is 19.7 Å². The molecule has 1 aliphatic heterocycles. The fourth-order valence-corrected chi connectivity index (χ4v) is 3.63. The maximum absolute atomic E-state index is 13.2. The molecular weight excluding hydrogens is 434 g/mol. The lowest BCUT2D eigenvalue weighted by Crippen LogP contribution is -2.30. The Morgan fingerprint density at radius 1 is 1.10 bits per heavy atom. The fraction of sp³-hybridized carbons (Fsp3) is 0.0909. The Morgan fingerprint density at radius 3 is 2.55 bits per heavy atom. The zero-order valence-electron chi connectivity index (χ0n) is 15.2. The third-order valence-electron chi connectivity index (χ3n) is 4.73. The molecule has 0 bridgehead atoms. The highest BCUT2D eigenvalue weighted by Gasteiger charge is 2.44. The predicted molar refractivity (Wildman–Crippen MR) is 107 cm³/mol. The number of aromatic amines is 1. The van der Waals surface area contributed by atoms with Gasteiger partial charge in [-0.3, -0.25) is 14.6 Å². The fourth-order valence-electron chi connectivity index (χ4n) is 3.36. The second-order valence-electron chi connectivity index (χ2n) is 6.58. The number of carbonyl (C=O) groups is 2. The van der Waals surface area contributed by atoms with Crippen LogP contribution in [0.5, 0.6) is 0 Å². The molecule has 0 saturated carbocycles. The van der Waals surface area contributed by atoms with Crippen molar-refractivity contribution in [2.75, 3.05) is 0 Å². The molecule has 3 aromatic rings. The summed E-state index contributed by atoms with van der Waals surface area (Å²) in [6.45, 7) is 0.181. The molecule has 1 saturated heterocycles. The van der Waals surface area contributed by atoms with Gasteiger partial charge in [-0.1, -0.05) is 39.9 Å². The summed E-state index contributed by atoms with van der Waals surface area (Å²) in [5, 5.41) is 13.2. The van der Waals surface area contributed by atoms with Crippen LogP contribution in [0.15, 0.2) is 83.2 Å². The van der Waals surface area contributed by atoms with Crippen LogP contribution in [0.2, 0.25) is 0 Å². The average Bonchev–Trinajstić information content (AvgIpc) is 3.00. The number of nitrogens with zero attached hydrogens (tertiary/aromatic N) is 2. The van der Waals surface area contributed by atoms with Crippen LogP contribution in [-0.2, 0) is 16.1 Å². The van der Waals surface area contributed by atoms with E-state index >= 15 is 0 Å². The molecule has 1 unspecified atom stereocenters. The first kappa shape index (κ1) is 19.0. The van der Waals surface area contributed by atoms with Gasteiger partial charge in [-0.05, 0) is 35.9 Å². The van der Waals surface area contributed by atoms with Crippen LogP contribution >= 0.6 is 15.9 Å². The molecule has 3 heterocycles. The van der Waals surface area contributed by atoms with E-state index in [1.54, 1.807) is 61.1 Å². The molecule has 1 fully saturated rings. The lowest BCUT2D eigenvalue weighted by atomic mass is 9.98. The minimum absolute atomic E-state index is 0.0732. The van der Waals surface area contributed by atoms with Crippen molar-refractivity contribution in [1.29, 1.82) is 0 Å². The van der Waals surface area contributed by atoms with Gasteiger partial charge in [0.15, 0.2) is 12.4 Å². The van der Waals surface area contributed by atoms with E-state index in [1.807, 2.05) is 12.1 Å². The van der Waals surface area contributed by atoms with Gasteiger partial charge < -0.3 is 10.0 Å². The highest BCUT2D eigenvalue weighted by molar-refractivity contribution is 9.10. The molecule has 1 aliphatic rings. The molecule has 29 heavy (non-hydrogen) atoms. The predicted octanol–water partition coefficient (Wildman–Crippen LogP) is 2.08. The summed E-state index contributed by atoms with van der Waals surface area (Å²) in [5.41, 5.74) is 1.56. The summed E-state index contributed by atoms with van der Waals surface area (Å²) >= 11 is 3.33. The minimum Gasteiger partial charge on any atom is -0.872 e. The average molecular weight is 450 g/mol. The number of amides is 1. The van der Waals surface area contributed by atoms with Crippen molar-refractivity contribution >= 4 is 33.4 Å². The lowest BCUT2D eigenvalue weighted by Gasteiger charge is -2.26. The van der Waals surface area contributed by atoms with Gasteiger partial charge in [-0.2, -0.15) is 0 Å². The summed E-state index contributed by atoms with van der Waals surface area (Å²) in [4.78, 5) is 34.4. The SMILES string of the molecule is O=C1C(=O)N(Cc2ccc[nH+]c2)C(c2ccccn2)/C1=C(\[O-])c1ccc(Br)cc1. The monoisotopic (exact) mass is 449 g/mol. The molecule has 144 valence electrons. The molecule has 0 spiro atoms. The van der Waals surface area contributed by atoms with Gasteiger partial charge in [-0.15, -0.1) is 0 Å². The Bertz CT molecular complexity index is 1080. The highest BCUT2D eigenvalue weighted by atomic mass is 79.9. The summed E-state index contributed by atoms with van der Waals surface area (Å²) in [7, 11) is 0. The second kappa shape index (κ2) is 7.97. The number of nitrogens with one attached hydrogen (secondary N) is 1. The quantitative estimate of drug-likeness (QED) is 0.346. The number of Topliss-reactive ketones (excluding diaryl/α,β-unsaturated/α-hetero) is 1. The minimum atomic E-state index is -0.840. The second-order valence-corrected chi connectivity index (χ2v) is 7.50. The maximum Gasteiger partial charge on any atom is 0.295 e. The Labute approximate surface area is 175 Å². The van der Waals surface area contributed by atoms with Gasteiger partial charge in [0.1, 0.15) is 6.04 Å². The Kier molecular flexibility index (Phi) is 5.22. The zero-order valence-corrected chi connectivity index (χ0v) is 16.8. The van der Waals surface area contributed by atoms with Gasteiger partial charge in [0.2, 0.25) is 5.78 Å². The Morgan fingerprint density at radius 2 is 1.90 bits per heavy atom. The number of likely N-dealkylation sites (tertiary alicyclic amines) is 1. The van der Waals surface area contributed by atoms with Crippen LogP contribution in [0.1, 0.15) is 22.9 Å². The summed E-state index contributed by atoms with van der Waals surface area (Å²) < 4.78 is 0.816.